The second-order valence-corrected chi connectivity index (χ2v) is 8.78. The highest BCUT2D eigenvalue weighted by molar-refractivity contribution is 5.86. The fourth-order valence-electron chi connectivity index (χ4n) is 4.66. The number of rotatable bonds is 5. The van der Waals surface area contributed by atoms with Gasteiger partial charge >= 0.3 is 0 Å². The Morgan fingerprint density at radius 3 is 2.79 bits per heavy atom. The molecule has 1 aliphatic heterocycles. The molecular weight excluding hydrogens is 418 g/mol. The van der Waals surface area contributed by atoms with Crippen molar-refractivity contribution >= 4 is 22.4 Å². The molecule has 33 heavy (non-hydrogen) atoms. The molecule has 0 saturated heterocycles. The van der Waals surface area contributed by atoms with E-state index in [1.807, 2.05) is 19.1 Å². The van der Waals surface area contributed by atoms with E-state index in [0.29, 0.717) is 19.3 Å². The second-order valence-electron chi connectivity index (χ2n) is 8.78. The van der Waals surface area contributed by atoms with Crippen LogP contribution in [0.25, 0.3) is 16.6 Å². The Labute approximate surface area is 192 Å². The molecule has 2 aliphatic rings. The van der Waals surface area contributed by atoms with Crippen LogP contribution in [0.5, 0.6) is 5.75 Å². The molecule has 2 aromatic heterocycles. The number of nitrogens with zero attached hydrogens (tertiary/aromatic N) is 4. The summed E-state index contributed by atoms with van der Waals surface area (Å²) >= 11 is 0. The molecule has 1 saturated carbocycles. The van der Waals surface area contributed by atoms with Crippen LogP contribution < -0.4 is 15.6 Å². The zero-order chi connectivity index (χ0) is 22.8. The van der Waals surface area contributed by atoms with Crippen molar-refractivity contribution in [1.29, 1.82) is 0 Å². The van der Waals surface area contributed by atoms with E-state index in [4.69, 9.17) is 9.47 Å². The van der Waals surface area contributed by atoms with Crippen molar-refractivity contribution < 1.29 is 9.47 Å². The van der Waals surface area contributed by atoms with Gasteiger partial charge in [0.15, 0.2) is 0 Å². The molecule has 8 heteroatoms. The SMILES string of the molecule is Cc1nccc(N[C@H]2CC[C@@H](Oc3cc(C4=CCOCC4)cc4ncc(=O)n(C)c34)CC2)n1. The average Bonchev–Trinajstić information content (AvgIpc) is 2.83. The summed E-state index contributed by atoms with van der Waals surface area (Å²) in [7, 11) is 1.77. The summed E-state index contributed by atoms with van der Waals surface area (Å²) in [5.74, 6) is 2.37. The Morgan fingerprint density at radius 2 is 2.03 bits per heavy atom. The summed E-state index contributed by atoms with van der Waals surface area (Å²) < 4.78 is 13.6. The topological polar surface area (TPSA) is 91.2 Å². The molecule has 3 heterocycles. The first-order chi connectivity index (χ1) is 16.1. The van der Waals surface area contributed by atoms with Crippen molar-refractivity contribution in [2.45, 2.75) is 51.2 Å². The third-order valence-electron chi connectivity index (χ3n) is 6.46. The normalized spacial score (nSPS) is 21.0. The predicted octanol–water partition coefficient (Wildman–Crippen LogP) is 3.64. The van der Waals surface area contributed by atoms with Gasteiger partial charge in [-0.25, -0.2) is 15.0 Å². The largest absolute Gasteiger partial charge is 0.488 e. The van der Waals surface area contributed by atoms with Gasteiger partial charge in [0.25, 0.3) is 5.56 Å². The van der Waals surface area contributed by atoms with Crippen molar-refractivity contribution in [2.24, 2.45) is 7.05 Å². The lowest BCUT2D eigenvalue weighted by atomic mass is 9.92. The van der Waals surface area contributed by atoms with Gasteiger partial charge in [-0.15, -0.1) is 0 Å². The summed E-state index contributed by atoms with van der Waals surface area (Å²) in [6.45, 7) is 3.23. The van der Waals surface area contributed by atoms with Crippen LogP contribution in [0.15, 0.2) is 41.5 Å². The zero-order valence-electron chi connectivity index (χ0n) is 19.1. The maximum Gasteiger partial charge on any atom is 0.269 e. The van der Waals surface area contributed by atoms with Crippen LogP contribution in [0, 0.1) is 6.92 Å². The number of aryl methyl sites for hydroxylation is 2. The molecule has 1 aliphatic carbocycles. The monoisotopic (exact) mass is 447 g/mol. The van der Waals surface area contributed by atoms with Crippen LogP contribution in [0.2, 0.25) is 0 Å². The Bertz CT molecular complexity index is 1240. The van der Waals surface area contributed by atoms with Gasteiger partial charge in [0.05, 0.1) is 31.0 Å². The number of aromatic nitrogens is 4. The average molecular weight is 448 g/mol. The summed E-state index contributed by atoms with van der Waals surface area (Å²) in [4.78, 5) is 25.3. The maximum atomic E-state index is 12.3. The first-order valence-corrected chi connectivity index (χ1v) is 11.6. The van der Waals surface area contributed by atoms with Crippen LogP contribution in [0.1, 0.15) is 43.5 Å². The standard InChI is InChI=1S/C25H29N5O3/c1-16-26-10-7-23(28-16)29-19-3-5-20(6-4-19)33-22-14-18(17-8-11-32-12-9-17)13-21-25(22)30(2)24(31)15-27-21/h7-8,10,13-15,19-20H,3-6,9,11-12H2,1-2H3,(H,26,28,29)/t19-,20+. The quantitative estimate of drug-likeness (QED) is 0.638. The van der Waals surface area contributed by atoms with E-state index in [0.717, 1.165) is 66.1 Å². The minimum absolute atomic E-state index is 0.0904. The molecule has 1 aromatic carbocycles. The van der Waals surface area contributed by atoms with Crippen molar-refractivity contribution in [3.05, 3.63) is 58.4 Å². The molecule has 8 nitrogen and oxygen atoms in total. The van der Waals surface area contributed by atoms with Crippen LogP contribution in [0.4, 0.5) is 5.82 Å². The Hall–Kier alpha value is -3.26. The van der Waals surface area contributed by atoms with Crippen LogP contribution in [-0.2, 0) is 11.8 Å². The molecule has 1 fully saturated rings. The van der Waals surface area contributed by atoms with E-state index in [-0.39, 0.29) is 11.7 Å². The molecule has 0 amide bonds. The number of hydrogen-bond donors (Lipinski definition) is 1. The highest BCUT2D eigenvalue weighted by atomic mass is 16.5. The van der Waals surface area contributed by atoms with Gasteiger partial charge in [0.1, 0.15) is 22.9 Å². The Morgan fingerprint density at radius 1 is 1.18 bits per heavy atom. The van der Waals surface area contributed by atoms with Gasteiger partial charge < -0.3 is 19.4 Å². The Balaban J connectivity index is 1.36. The molecular formula is C25H29N5O3. The minimum atomic E-state index is -0.140. The van der Waals surface area contributed by atoms with Gasteiger partial charge in [-0.05, 0) is 68.4 Å². The summed E-state index contributed by atoms with van der Waals surface area (Å²) in [6, 6.07) is 6.38. The smallest absolute Gasteiger partial charge is 0.269 e. The van der Waals surface area contributed by atoms with Crippen LogP contribution in [-0.4, -0.2) is 44.9 Å². The van der Waals surface area contributed by atoms with E-state index in [9.17, 15) is 4.79 Å². The highest BCUT2D eigenvalue weighted by Gasteiger charge is 2.24. The van der Waals surface area contributed by atoms with Gasteiger partial charge in [-0.3, -0.25) is 4.79 Å². The molecule has 1 N–H and O–H groups in total. The molecule has 0 bridgehead atoms. The van der Waals surface area contributed by atoms with Crippen molar-refractivity contribution in [1.82, 2.24) is 19.5 Å². The molecule has 0 spiro atoms. The molecule has 3 aromatic rings. The lowest BCUT2D eigenvalue weighted by Gasteiger charge is -2.30. The second kappa shape index (κ2) is 9.31. The van der Waals surface area contributed by atoms with Crippen LogP contribution >= 0.6 is 0 Å². The number of nitrogens with one attached hydrogen (secondary N) is 1. The predicted molar refractivity (Wildman–Crippen MR) is 127 cm³/mol. The first kappa shape index (κ1) is 21.6. The molecule has 0 atom stereocenters. The first-order valence-electron chi connectivity index (χ1n) is 11.6. The highest BCUT2D eigenvalue weighted by Crippen LogP contribution is 2.33. The fourth-order valence-corrected chi connectivity index (χ4v) is 4.66. The third-order valence-corrected chi connectivity index (χ3v) is 6.46. The van der Waals surface area contributed by atoms with E-state index in [1.54, 1.807) is 17.8 Å². The van der Waals surface area contributed by atoms with Crippen LogP contribution in [0.3, 0.4) is 0 Å². The van der Waals surface area contributed by atoms with Gasteiger partial charge in [-0.1, -0.05) is 6.08 Å². The minimum Gasteiger partial charge on any atom is -0.488 e. The zero-order valence-corrected chi connectivity index (χ0v) is 19.1. The third kappa shape index (κ3) is 4.75. The van der Waals surface area contributed by atoms with E-state index < -0.39 is 0 Å². The number of fused-ring (bicyclic) bond motifs is 1. The van der Waals surface area contributed by atoms with E-state index in [2.05, 4.69) is 32.4 Å². The summed E-state index contributed by atoms with van der Waals surface area (Å²) in [5.41, 5.74) is 3.69. The molecule has 5 rings (SSSR count). The number of anilines is 1. The summed E-state index contributed by atoms with van der Waals surface area (Å²) in [5, 5.41) is 3.52. The van der Waals surface area contributed by atoms with Crippen molar-refractivity contribution in [2.75, 3.05) is 18.5 Å². The van der Waals surface area contributed by atoms with Crippen molar-refractivity contribution in [3.8, 4) is 5.75 Å². The number of hydrogen-bond acceptors (Lipinski definition) is 7. The molecule has 172 valence electrons. The number of benzene rings is 1. The summed E-state index contributed by atoms with van der Waals surface area (Å²) in [6.07, 6.45) is 10.1. The number of ether oxygens (including phenoxy) is 2. The lowest BCUT2D eigenvalue weighted by molar-refractivity contribution is 0.151. The fraction of sp³-hybridized carbons (Fsp3) is 0.440. The van der Waals surface area contributed by atoms with Gasteiger partial charge in [0, 0.05) is 19.3 Å². The van der Waals surface area contributed by atoms with Gasteiger partial charge in [-0.2, -0.15) is 0 Å². The molecule has 0 unspecified atom stereocenters. The Kier molecular flexibility index (Phi) is 6.09. The van der Waals surface area contributed by atoms with Gasteiger partial charge in [0.2, 0.25) is 0 Å². The lowest BCUT2D eigenvalue weighted by Crippen LogP contribution is -2.31. The molecule has 0 radical (unpaired) electrons. The van der Waals surface area contributed by atoms with E-state index >= 15 is 0 Å². The van der Waals surface area contributed by atoms with E-state index in [1.165, 1.54) is 11.8 Å². The maximum absolute atomic E-state index is 12.3. The van der Waals surface area contributed by atoms with Crippen molar-refractivity contribution in [3.63, 3.8) is 0 Å².